The molecule has 6 nitrogen and oxygen atoms in total. The van der Waals surface area contributed by atoms with Gasteiger partial charge in [0.05, 0.1) is 0 Å². The molecular weight excluding hydrogens is 408 g/mol. The lowest BCUT2D eigenvalue weighted by atomic mass is 10.3. The van der Waals surface area contributed by atoms with E-state index in [2.05, 4.69) is 0 Å². The normalized spacial score (nSPS) is 7.50. The van der Waals surface area contributed by atoms with Crippen LogP contribution >= 0.6 is 0 Å². The number of hydrogen-bond acceptors (Lipinski definition) is 6. The second-order valence-electron chi connectivity index (χ2n) is 4.56. The molecule has 0 aliphatic heterocycles. The number of phenols is 6. The highest BCUT2D eigenvalue weighted by atomic mass is 16.3. The summed E-state index contributed by atoms with van der Waals surface area (Å²) in [5, 5.41) is 51.9. The van der Waals surface area contributed by atoms with Crippen molar-refractivity contribution in [2.45, 2.75) is 55.4 Å². The highest BCUT2D eigenvalue weighted by Gasteiger charge is 1.87. The van der Waals surface area contributed by atoms with Crippen LogP contribution in [0.2, 0.25) is 0 Å². The van der Waals surface area contributed by atoms with Gasteiger partial charge in [0.25, 0.3) is 0 Å². The van der Waals surface area contributed by atoms with E-state index in [4.69, 9.17) is 30.6 Å². The third kappa shape index (κ3) is 24.5. The van der Waals surface area contributed by atoms with Gasteiger partial charge in [-0.05, 0) is 36.4 Å². The molecule has 182 valence electrons. The Morgan fingerprint density at radius 3 is 0.500 bits per heavy atom. The molecule has 6 heteroatoms. The van der Waals surface area contributed by atoms with Crippen molar-refractivity contribution in [1.82, 2.24) is 0 Å². The minimum atomic E-state index is 0.0880. The van der Waals surface area contributed by atoms with Gasteiger partial charge in [0.2, 0.25) is 0 Å². The first kappa shape index (κ1) is 35.9. The van der Waals surface area contributed by atoms with Crippen LogP contribution in [0.1, 0.15) is 55.4 Å². The minimum absolute atomic E-state index is 0.0880. The molecule has 32 heavy (non-hydrogen) atoms. The Balaban J connectivity index is -0.000000159. The van der Waals surface area contributed by atoms with Crippen LogP contribution in [0, 0.1) is 0 Å². The molecule has 0 heterocycles. The van der Waals surface area contributed by atoms with Crippen molar-refractivity contribution in [3.8, 4) is 34.5 Å². The Morgan fingerprint density at radius 1 is 0.312 bits per heavy atom. The second kappa shape index (κ2) is 27.5. The molecule has 0 saturated heterocycles. The lowest BCUT2D eigenvalue weighted by Gasteiger charge is -1.89. The number of rotatable bonds is 0. The third-order valence-corrected chi connectivity index (χ3v) is 2.49. The van der Waals surface area contributed by atoms with E-state index in [0.717, 1.165) is 0 Å². The van der Waals surface area contributed by atoms with Crippen molar-refractivity contribution in [3.63, 3.8) is 0 Å². The molecule has 0 aromatic heterocycles. The van der Waals surface area contributed by atoms with Gasteiger partial charge in [-0.1, -0.05) is 73.6 Å². The number of phenolic OH excluding ortho intramolecular Hbond substituents is 6. The fourth-order valence-electron chi connectivity index (χ4n) is 1.48. The molecule has 3 rings (SSSR count). The van der Waals surface area contributed by atoms with Crippen LogP contribution in [0.15, 0.2) is 72.8 Å². The maximum absolute atomic E-state index is 8.65. The van der Waals surface area contributed by atoms with Crippen molar-refractivity contribution in [3.05, 3.63) is 72.8 Å². The summed E-state index contributed by atoms with van der Waals surface area (Å²) in [5.41, 5.74) is 0. The first-order chi connectivity index (χ1) is 15.4. The Morgan fingerprint density at radius 2 is 0.438 bits per heavy atom. The Labute approximate surface area is 193 Å². The van der Waals surface area contributed by atoms with E-state index < -0.39 is 0 Å². The van der Waals surface area contributed by atoms with Crippen molar-refractivity contribution in [2.24, 2.45) is 0 Å². The summed E-state index contributed by atoms with van der Waals surface area (Å²) < 4.78 is 0. The predicted octanol–water partition coefficient (Wildman–Crippen LogP) is 7.40. The lowest BCUT2D eigenvalue weighted by molar-refractivity contribution is 0.449. The van der Waals surface area contributed by atoms with Crippen LogP contribution in [0.4, 0.5) is 0 Å². The van der Waals surface area contributed by atoms with E-state index in [1.54, 1.807) is 18.2 Å². The van der Waals surface area contributed by atoms with E-state index in [-0.39, 0.29) is 34.5 Å². The first-order valence-electron chi connectivity index (χ1n) is 10.8. The van der Waals surface area contributed by atoms with Crippen LogP contribution in [0.25, 0.3) is 0 Å². The van der Waals surface area contributed by atoms with Crippen molar-refractivity contribution in [2.75, 3.05) is 0 Å². The SMILES string of the molecule is CC.CC.CC.CC.Oc1cccc(O)c1.Oc1cccc(O)c1.Oc1cccc(O)c1. The summed E-state index contributed by atoms with van der Waals surface area (Å²) >= 11 is 0. The molecule has 0 aliphatic rings. The zero-order valence-corrected chi connectivity index (χ0v) is 20.6. The van der Waals surface area contributed by atoms with Crippen molar-refractivity contribution < 1.29 is 30.6 Å². The largest absolute Gasteiger partial charge is 0.508 e. The molecular formula is C26H42O6. The molecule has 0 atom stereocenters. The maximum atomic E-state index is 8.65. The average Bonchev–Trinajstić information content (AvgIpc) is 2.80. The Kier molecular flexibility index (Phi) is 30.8. The smallest absolute Gasteiger partial charge is 0.119 e. The summed E-state index contributed by atoms with van der Waals surface area (Å²) in [6.07, 6.45) is 0. The van der Waals surface area contributed by atoms with E-state index in [0.29, 0.717) is 0 Å². The monoisotopic (exact) mass is 450 g/mol. The second-order valence-corrected chi connectivity index (χ2v) is 4.56. The first-order valence-corrected chi connectivity index (χ1v) is 10.8. The van der Waals surface area contributed by atoms with Crippen molar-refractivity contribution >= 4 is 0 Å². The van der Waals surface area contributed by atoms with Crippen molar-refractivity contribution in [1.29, 1.82) is 0 Å². The van der Waals surface area contributed by atoms with Crippen LogP contribution < -0.4 is 0 Å². The predicted molar refractivity (Wildman–Crippen MR) is 135 cm³/mol. The summed E-state index contributed by atoms with van der Waals surface area (Å²) in [7, 11) is 0. The average molecular weight is 451 g/mol. The van der Waals surface area contributed by atoms with Gasteiger partial charge in [0.15, 0.2) is 0 Å². The number of benzene rings is 3. The molecule has 3 aromatic rings. The van der Waals surface area contributed by atoms with Gasteiger partial charge in [0, 0.05) is 18.2 Å². The molecule has 0 aliphatic carbocycles. The molecule has 6 N–H and O–H groups in total. The van der Waals surface area contributed by atoms with E-state index in [1.807, 2.05) is 55.4 Å². The van der Waals surface area contributed by atoms with E-state index in [1.165, 1.54) is 54.6 Å². The van der Waals surface area contributed by atoms with Crippen LogP contribution in [0.5, 0.6) is 34.5 Å². The molecule has 0 amide bonds. The van der Waals surface area contributed by atoms with Gasteiger partial charge < -0.3 is 30.6 Å². The molecule has 3 aromatic carbocycles. The van der Waals surface area contributed by atoms with Crippen LogP contribution in [0.3, 0.4) is 0 Å². The van der Waals surface area contributed by atoms with Gasteiger partial charge in [0.1, 0.15) is 34.5 Å². The summed E-state index contributed by atoms with van der Waals surface area (Å²) in [6, 6.07) is 17.6. The summed E-state index contributed by atoms with van der Waals surface area (Å²) in [6.45, 7) is 16.0. The molecule has 0 radical (unpaired) electrons. The van der Waals surface area contributed by atoms with Crippen LogP contribution in [-0.4, -0.2) is 30.6 Å². The van der Waals surface area contributed by atoms with Gasteiger partial charge in [-0.2, -0.15) is 0 Å². The quantitative estimate of drug-likeness (QED) is 0.212. The highest BCUT2D eigenvalue weighted by Crippen LogP contribution is 2.16. The maximum Gasteiger partial charge on any atom is 0.119 e. The Bertz CT molecular complexity index is 605. The number of hydrogen-bond donors (Lipinski definition) is 6. The van der Waals surface area contributed by atoms with Crippen LogP contribution in [-0.2, 0) is 0 Å². The van der Waals surface area contributed by atoms with Gasteiger partial charge in [-0.25, -0.2) is 0 Å². The zero-order chi connectivity index (χ0) is 25.9. The highest BCUT2D eigenvalue weighted by molar-refractivity contribution is 5.31. The molecule has 0 fully saturated rings. The number of aromatic hydroxyl groups is 6. The molecule has 0 saturated carbocycles. The lowest BCUT2D eigenvalue weighted by Crippen LogP contribution is -1.61. The fourth-order valence-corrected chi connectivity index (χ4v) is 1.48. The van der Waals surface area contributed by atoms with Gasteiger partial charge in [-0.15, -0.1) is 0 Å². The third-order valence-electron chi connectivity index (χ3n) is 2.49. The summed E-state index contributed by atoms with van der Waals surface area (Å²) in [4.78, 5) is 0. The fraction of sp³-hybridized carbons (Fsp3) is 0.308. The van der Waals surface area contributed by atoms with Gasteiger partial charge in [-0.3, -0.25) is 0 Å². The van der Waals surface area contributed by atoms with E-state index >= 15 is 0 Å². The van der Waals surface area contributed by atoms with E-state index in [9.17, 15) is 0 Å². The topological polar surface area (TPSA) is 121 Å². The standard InChI is InChI=1S/3C6H6O2.4C2H6/c3*7-5-2-1-3-6(8)4-5;4*1-2/h3*1-4,7-8H;4*1-2H3. The van der Waals surface area contributed by atoms with Gasteiger partial charge >= 0.3 is 0 Å². The molecule has 0 unspecified atom stereocenters. The molecule has 0 spiro atoms. The minimum Gasteiger partial charge on any atom is -0.508 e. The Hall–Kier alpha value is -3.54. The molecule has 0 bridgehead atoms. The zero-order valence-electron chi connectivity index (χ0n) is 20.6. The summed E-state index contributed by atoms with van der Waals surface area (Å²) in [5.74, 6) is 0.528.